The van der Waals surface area contributed by atoms with Gasteiger partial charge >= 0.3 is 0 Å². The molecule has 0 unspecified atom stereocenters. The van der Waals surface area contributed by atoms with Crippen LogP contribution in [0.25, 0.3) is 22.5 Å². The van der Waals surface area contributed by atoms with Crippen LogP contribution in [0.4, 0.5) is 5.95 Å². The molecule has 0 saturated carbocycles. The fourth-order valence-corrected chi connectivity index (χ4v) is 3.23. The molecule has 1 aliphatic heterocycles. The van der Waals surface area contributed by atoms with Gasteiger partial charge < -0.3 is 9.64 Å². The van der Waals surface area contributed by atoms with Crippen molar-refractivity contribution in [2.75, 3.05) is 31.2 Å². The molecule has 0 N–H and O–H groups in total. The van der Waals surface area contributed by atoms with Gasteiger partial charge in [0.25, 0.3) is 5.56 Å². The Morgan fingerprint density at radius 2 is 1.79 bits per heavy atom. The van der Waals surface area contributed by atoms with Gasteiger partial charge in [0.15, 0.2) is 0 Å². The second-order valence-corrected chi connectivity index (χ2v) is 6.99. The second-order valence-electron chi connectivity index (χ2n) is 6.99. The van der Waals surface area contributed by atoms with Crippen LogP contribution in [0.1, 0.15) is 19.9 Å². The van der Waals surface area contributed by atoms with Crippen LogP contribution in [0.3, 0.4) is 0 Å². The Hall–Kier alpha value is -3.06. The van der Waals surface area contributed by atoms with Crippen molar-refractivity contribution in [2.45, 2.75) is 19.9 Å². The summed E-state index contributed by atoms with van der Waals surface area (Å²) in [6.07, 6.45) is 1.80. The minimum absolute atomic E-state index is 0.0267. The van der Waals surface area contributed by atoms with E-state index in [1.165, 1.54) is 4.68 Å². The average molecular weight is 377 g/mol. The van der Waals surface area contributed by atoms with Gasteiger partial charge in [0.05, 0.1) is 30.6 Å². The smallest absolute Gasteiger partial charge is 0.267 e. The normalized spacial score (nSPS) is 14.5. The summed E-state index contributed by atoms with van der Waals surface area (Å²) in [7, 11) is 0. The quantitative estimate of drug-likeness (QED) is 0.696. The Morgan fingerprint density at radius 1 is 1.04 bits per heavy atom. The third-order valence-electron chi connectivity index (χ3n) is 4.71. The zero-order valence-corrected chi connectivity index (χ0v) is 16.1. The molecule has 144 valence electrons. The first kappa shape index (κ1) is 18.3. The summed E-state index contributed by atoms with van der Waals surface area (Å²) >= 11 is 0. The molecule has 0 radical (unpaired) electrons. The number of benzene rings is 1. The van der Waals surface area contributed by atoms with Gasteiger partial charge in [-0.1, -0.05) is 30.3 Å². The third-order valence-corrected chi connectivity index (χ3v) is 4.71. The van der Waals surface area contributed by atoms with Gasteiger partial charge in [-0.25, -0.2) is 14.6 Å². The van der Waals surface area contributed by atoms with Gasteiger partial charge in [-0.3, -0.25) is 4.79 Å². The molecule has 2 aromatic heterocycles. The predicted molar refractivity (Wildman–Crippen MR) is 108 cm³/mol. The summed E-state index contributed by atoms with van der Waals surface area (Å²) in [5, 5.41) is 4.56. The lowest BCUT2D eigenvalue weighted by atomic mass is 10.0. The van der Waals surface area contributed by atoms with Crippen LogP contribution in [0.5, 0.6) is 0 Å². The number of rotatable bonds is 4. The molecule has 1 aromatic carbocycles. The van der Waals surface area contributed by atoms with Crippen LogP contribution in [0.15, 0.2) is 53.5 Å². The molecule has 4 rings (SSSR count). The van der Waals surface area contributed by atoms with Crippen LogP contribution in [-0.4, -0.2) is 46.1 Å². The lowest BCUT2D eigenvalue weighted by Crippen LogP contribution is -2.37. The van der Waals surface area contributed by atoms with Crippen LogP contribution in [0, 0.1) is 0 Å². The van der Waals surface area contributed by atoms with Crippen molar-refractivity contribution in [1.29, 1.82) is 0 Å². The predicted octanol–water partition coefficient (Wildman–Crippen LogP) is 2.78. The Balaban J connectivity index is 1.85. The summed E-state index contributed by atoms with van der Waals surface area (Å²) in [5.74, 6) is 0.683. The molecule has 28 heavy (non-hydrogen) atoms. The van der Waals surface area contributed by atoms with Gasteiger partial charge in [0.2, 0.25) is 5.95 Å². The molecule has 1 fully saturated rings. The highest BCUT2D eigenvalue weighted by molar-refractivity contribution is 5.78. The minimum Gasteiger partial charge on any atom is -0.378 e. The molecule has 0 atom stereocenters. The highest BCUT2D eigenvalue weighted by Crippen LogP contribution is 2.30. The van der Waals surface area contributed by atoms with Crippen LogP contribution >= 0.6 is 0 Å². The molecule has 0 amide bonds. The number of morpholine rings is 1. The fourth-order valence-electron chi connectivity index (χ4n) is 3.23. The molecule has 0 bridgehead atoms. The largest absolute Gasteiger partial charge is 0.378 e. The van der Waals surface area contributed by atoms with E-state index >= 15 is 0 Å². The maximum absolute atomic E-state index is 12.1. The molecule has 1 aliphatic rings. The molecule has 0 spiro atoms. The third kappa shape index (κ3) is 3.66. The summed E-state index contributed by atoms with van der Waals surface area (Å²) < 4.78 is 6.92. The first-order chi connectivity index (χ1) is 13.6. The standard InChI is InChI=1S/C21H23N5O2/c1-15(2)26-19(27)9-8-18(24-26)17-14-22-21(25-10-12-28-13-11-25)23-20(17)16-6-4-3-5-7-16/h3-9,14-15H,10-13H2,1-2H3. The summed E-state index contributed by atoms with van der Waals surface area (Å²) in [5.41, 5.74) is 3.15. The van der Waals surface area contributed by atoms with Crippen LogP contribution in [-0.2, 0) is 4.74 Å². The van der Waals surface area contributed by atoms with Crippen molar-refractivity contribution in [2.24, 2.45) is 0 Å². The topological polar surface area (TPSA) is 73.1 Å². The number of hydrogen-bond donors (Lipinski definition) is 0. The maximum Gasteiger partial charge on any atom is 0.267 e. The molecular formula is C21H23N5O2. The molecule has 3 aromatic rings. The Bertz CT molecular complexity index is 1010. The van der Waals surface area contributed by atoms with E-state index in [1.807, 2.05) is 44.2 Å². The lowest BCUT2D eigenvalue weighted by molar-refractivity contribution is 0.122. The summed E-state index contributed by atoms with van der Waals surface area (Å²) in [6, 6.07) is 13.2. The van der Waals surface area contributed by atoms with Gasteiger partial charge in [-0.05, 0) is 19.9 Å². The van der Waals surface area contributed by atoms with Crippen molar-refractivity contribution in [1.82, 2.24) is 19.7 Å². The van der Waals surface area contributed by atoms with E-state index in [9.17, 15) is 4.79 Å². The zero-order valence-electron chi connectivity index (χ0n) is 16.1. The average Bonchev–Trinajstić information content (AvgIpc) is 2.75. The second kappa shape index (κ2) is 7.90. The number of anilines is 1. The SMILES string of the molecule is CC(C)n1nc(-c2cnc(N3CCOCC3)nc2-c2ccccc2)ccc1=O. The van der Waals surface area contributed by atoms with Crippen LogP contribution in [0.2, 0.25) is 0 Å². The number of nitrogens with zero attached hydrogens (tertiary/aromatic N) is 5. The Labute approximate surface area is 163 Å². The molecule has 1 saturated heterocycles. The van der Waals surface area contributed by atoms with Crippen molar-refractivity contribution >= 4 is 5.95 Å². The van der Waals surface area contributed by atoms with Crippen molar-refractivity contribution < 1.29 is 4.74 Å². The van der Waals surface area contributed by atoms with Crippen molar-refractivity contribution in [3.63, 3.8) is 0 Å². The zero-order chi connectivity index (χ0) is 19.5. The van der Waals surface area contributed by atoms with Crippen molar-refractivity contribution in [3.8, 4) is 22.5 Å². The Kier molecular flexibility index (Phi) is 5.16. The number of ether oxygens (including phenoxy) is 1. The van der Waals surface area contributed by atoms with Crippen molar-refractivity contribution in [3.05, 3.63) is 59.0 Å². The number of hydrogen-bond acceptors (Lipinski definition) is 6. The molecule has 3 heterocycles. The van der Waals surface area contributed by atoms with E-state index in [-0.39, 0.29) is 11.6 Å². The van der Waals surface area contributed by atoms with Gasteiger partial charge in [0.1, 0.15) is 0 Å². The lowest BCUT2D eigenvalue weighted by Gasteiger charge is -2.27. The fraction of sp³-hybridized carbons (Fsp3) is 0.333. The molecule has 0 aliphatic carbocycles. The maximum atomic E-state index is 12.1. The van der Waals surface area contributed by atoms with Gasteiger partial charge in [-0.15, -0.1) is 0 Å². The van der Waals surface area contributed by atoms with Gasteiger partial charge in [-0.2, -0.15) is 5.10 Å². The van der Waals surface area contributed by atoms with E-state index in [0.29, 0.717) is 24.9 Å². The molecule has 7 nitrogen and oxygen atoms in total. The number of aromatic nitrogens is 4. The van der Waals surface area contributed by atoms with E-state index in [4.69, 9.17) is 9.72 Å². The highest BCUT2D eigenvalue weighted by Gasteiger charge is 2.19. The Morgan fingerprint density at radius 3 is 2.50 bits per heavy atom. The monoisotopic (exact) mass is 377 g/mol. The van der Waals surface area contributed by atoms with E-state index < -0.39 is 0 Å². The first-order valence-electron chi connectivity index (χ1n) is 9.49. The first-order valence-corrected chi connectivity index (χ1v) is 9.49. The minimum atomic E-state index is -0.120. The summed E-state index contributed by atoms with van der Waals surface area (Å²) in [4.78, 5) is 23.7. The van der Waals surface area contributed by atoms with Gasteiger partial charge in [0, 0.05) is 36.5 Å². The van der Waals surface area contributed by atoms with Crippen LogP contribution < -0.4 is 10.5 Å². The van der Waals surface area contributed by atoms with E-state index in [1.54, 1.807) is 18.3 Å². The molecular weight excluding hydrogens is 354 g/mol. The molecule has 7 heteroatoms. The van der Waals surface area contributed by atoms with E-state index in [2.05, 4.69) is 15.0 Å². The van der Waals surface area contributed by atoms with E-state index in [0.717, 1.165) is 29.9 Å². The highest BCUT2D eigenvalue weighted by atomic mass is 16.5. The summed E-state index contributed by atoms with van der Waals surface area (Å²) in [6.45, 7) is 6.76.